The molecule has 0 amide bonds. The zero-order valence-electron chi connectivity index (χ0n) is 9.42. The van der Waals surface area contributed by atoms with E-state index in [1.54, 1.807) is 6.07 Å². The van der Waals surface area contributed by atoms with Crippen LogP contribution in [0.3, 0.4) is 0 Å². The summed E-state index contributed by atoms with van der Waals surface area (Å²) in [6, 6.07) is 3.77. The highest BCUT2D eigenvalue weighted by molar-refractivity contribution is 6.32. The molecule has 0 atom stereocenters. The first-order valence-electron chi connectivity index (χ1n) is 5.68. The van der Waals surface area contributed by atoms with E-state index in [4.69, 9.17) is 23.2 Å². The fraction of sp³-hybridized carbons (Fsp3) is 0.583. The van der Waals surface area contributed by atoms with Gasteiger partial charge in [-0.1, -0.05) is 36.2 Å². The molecule has 1 saturated heterocycles. The fourth-order valence-electron chi connectivity index (χ4n) is 2.02. The maximum atomic E-state index is 6.06. The molecule has 0 N–H and O–H groups in total. The first-order valence-corrected chi connectivity index (χ1v) is 6.44. The number of nitrogens with zero attached hydrogens (tertiary/aromatic N) is 2. The van der Waals surface area contributed by atoms with Crippen molar-refractivity contribution in [3.05, 3.63) is 28.0 Å². The molecule has 1 aliphatic heterocycles. The lowest BCUT2D eigenvalue weighted by Gasteiger charge is -2.30. The van der Waals surface area contributed by atoms with Crippen molar-refractivity contribution < 1.29 is 0 Å². The standard InChI is InChI=1S/C12H16Cl2N2/c1-9-4-6-16(7-5-9)8-10-2-3-11(13)15-12(10)14/h2-3,9H,4-8H2,1H3. The van der Waals surface area contributed by atoms with Gasteiger partial charge < -0.3 is 0 Å². The van der Waals surface area contributed by atoms with Crippen molar-refractivity contribution in [1.29, 1.82) is 0 Å². The molecule has 0 spiro atoms. The van der Waals surface area contributed by atoms with Crippen molar-refractivity contribution in [1.82, 2.24) is 9.88 Å². The van der Waals surface area contributed by atoms with Crippen molar-refractivity contribution >= 4 is 23.2 Å². The second-order valence-electron chi connectivity index (χ2n) is 4.54. The highest BCUT2D eigenvalue weighted by Gasteiger charge is 2.16. The molecular formula is C12H16Cl2N2. The SMILES string of the molecule is CC1CCN(Cc2ccc(Cl)nc2Cl)CC1. The van der Waals surface area contributed by atoms with Gasteiger partial charge in [-0.25, -0.2) is 4.98 Å². The lowest BCUT2D eigenvalue weighted by Crippen LogP contribution is -2.32. The van der Waals surface area contributed by atoms with Gasteiger partial charge in [-0.05, 0) is 37.9 Å². The molecule has 1 aromatic heterocycles. The molecular weight excluding hydrogens is 243 g/mol. The average molecular weight is 259 g/mol. The molecule has 0 saturated carbocycles. The minimum Gasteiger partial charge on any atom is -0.299 e. The largest absolute Gasteiger partial charge is 0.299 e. The van der Waals surface area contributed by atoms with Crippen LogP contribution in [0.4, 0.5) is 0 Å². The molecule has 1 aromatic rings. The minimum atomic E-state index is 0.459. The Morgan fingerprint density at radius 2 is 2.00 bits per heavy atom. The predicted octanol–water partition coefficient (Wildman–Crippen LogP) is 3.62. The molecule has 2 rings (SSSR count). The third kappa shape index (κ3) is 3.09. The van der Waals surface area contributed by atoms with E-state index >= 15 is 0 Å². The zero-order chi connectivity index (χ0) is 11.5. The van der Waals surface area contributed by atoms with Crippen LogP contribution < -0.4 is 0 Å². The Labute approximate surface area is 107 Å². The Hall–Kier alpha value is -0.310. The van der Waals surface area contributed by atoms with Crippen molar-refractivity contribution in [3.63, 3.8) is 0 Å². The number of hydrogen-bond acceptors (Lipinski definition) is 2. The van der Waals surface area contributed by atoms with Gasteiger partial charge in [0, 0.05) is 12.1 Å². The van der Waals surface area contributed by atoms with Crippen molar-refractivity contribution in [2.75, 3.05) is 13.1 Å². The summed E-state index contributed by atoms with van der Waals surface area (Å²) < 4.78 is 0. The Morgan fingerprint density at radius 1 is 1.31 bits per heavy atom. The van der Waals surface area contributed by atoms with Gasteiger partial charge in [0.2, 0.25) is 0 Å². The van der Waals surface area contributed by atoms with Gasteiger partial charge in [-0.2, -0.15) is 0 Å². The lowest BCUT2D eigenvalue weighted by molar-refractivity contribution is 0.185. The maximum Gasteiger partial charge on any atom is 0.135 e. The number of pyridine rings is 1. The molecule has 1 fully saturated rings. The number of piperidine rings is 1. The zero-order valence-corrected chi connectivity index (χ0v) is 10.9. The number of rotatable bonds is 2. The van der Waals surface area contributed by atoms with Crippen molar-refractivity contribution in [3.8, 4) is 0 Å². The second-order valence-corrected chi connectivity index (χ2v) is 5.29. The van der Waals surface area contributed by atoms with Crippen molar-refractivity contribution in [2.45, 2.75) is 26.3 Å². The summed E-state index contributed by atoms with van der Waals surface area (Å²) >= 11 is 11.8. The lowest BCUT2D eigenvalue weighted by atomic mass is 9.99. The highest BCUT2D eigenvalue weighted by Crippen LogP contribution is 2.22. The van der Waals surface area contributed by atoms with Crippen LogP contribution in [0, 0.1) is 5.92 Å². The van der Waals surface area contributed by atoms with Gasteiger partial charge in [-0.3, -0.25) is 4.90 Å². The van der Waals surface area contributed by atoms with Crippen LogP contribution in [0.25, 0.3) is 0 Å². The van der Waals surface area contributed by atoms with Crippen LogP contribution in [0.5, 0.6) is 0 Å². The van der Waals surface area contributed by atoms with Gasteiger partial charge in [0.1, 0.15) is 10.3 Å². The molecule has 0 aromatic carbocycles. The predicted molar refractivity (Wildman–Crippen MR) is 67.9 cm³/mol. The number of hydrogen-bond donors (Lipinski definition) is 0. The van der Waals surface area contributed by atoms with E-state index < -0.39 is 0 Å². The Kier molecular flexibility index (Phi) is 4.06. The molecule has 0 aliphatic carbocycles. The van der Waals surface area contributed by atoms with Crippen LogP contribution in [0.2, 0.25) is 10.3 Å². The van der Waals surface area contributed by atoms with Crippen LogP contribution in [0.15, 0.2) is 12.1 Å². The van der Waals surface area contributed by atoms with Crippen LogP contribution in [-0.2, 0) is 6.54 Å². The number of halogens is 2. The van der Waals surface area contributed by atoms with E-state index in [1.807, 2.05) is 6.07 Å². The molecule has 4 heteroatoms. The smallest absolute Gasteiger partial charge is 0.135 e. The number of aromatic nitrogens is 1. The van der Waals surface area contributed by atoms with E-state index in [0.29, 0.717) is 10.3 Å². The Bertz CT molecular complexity index is 360. The third-order valence-corrected chi connectivity index (χ3v) is 3.70. The summed E-state index contributed by atoms with van der Waals surface area (Å²) in [6.07, 6.45) is 2.55. The molecule has 88 valence electrons. The van der Waals surface area contributed by atoms with Gasteiger partial charge >= 0.3 is 0 Å². The summed E-state index contributed by atoms with van der Waals surface area (Å²) in [4.78, 5) is 6.49. The van der Waals surface area contributed by atoms with Crippen LogP contribution in [0.1, 0.15) is 25.3 Å². The first-order chi connectivity index (χ1) is 7.65. The maximum absolute atomic E-state index is 6.06. The molecule has 0 bridgehead atoms. The number of likely N-dealkylation sites (tertiary alicyclic amines) is 1. The van der Waals surface area contributed by atoms with E-state index in [-0.39, 0.29) is 0 Å². The van der Waals surface area contributed by atoms with Crippen LogP contribution in [-0.4, -0.2) is 23.0 Å². The molecule has 0 radical (unpaired) electrons. The molecule has 2 nitrogen and oxygen atoms in total. The van der Waals surface area contributed by atoms with E-state index in [2.05, 4.69) is 16.8 Å². The van der Waals surface area contributed by atoms with E-state index in [9.17, 15) is 0 Å². The summed E-state index contributed by atoms with van der Waals surface area (Å²) in [5, 5.41) is 0.993. The van der Waals surface area contributed by atoms with Crippen molar-refractivity contribution in [2.24, 2.45) is 5.92 Å². The molecule has 0 unspecified atom stereocenters. The topological polar surface area (TPSA) is 16.1 Å². The average Bonchev–Trinajstić information content (AvgIpc) is 2.25. The third-order valence-electron chi connectivity index (χ3n) is 3.16. The van der Waals surface area contributed by atoms with Gasteiger partial charge in [0.05, 0.1) is 0 Å². The Balaban J connectivity index is 1.98. The fourth-order valence-corrected chi connectivity index (χ4v) is 2.42. The van der Waals surface area contributed by atoms with Gasteiger partial charge in [0.15, 0.2) is 0 Å². The quantitative estimate of drug-likeness (QED) is 0.754. The summed E-state index contributed by atoms with van der Waals surface area (Å²) in [6.45, 7) is 5.50. The molecule has 16 heavy (non-hydrogen) atoms. The van der Waals surface area contributed by atoms with Gasteiger partial charge in [0.25, 0.3) is 0 Å². The minimum absolute atomic E-state index is 0.459. The first kappa shape index (κ1) is 12.2. The van der Waals surface area contributed by atoms with Crippen LogP contribution >= 0.6 is 23.2 Å². The highest BCUT2D eigenvalue weighted by atomic mass is 35.5. The van der Waals surface area contributed by atoms with Gasteiger partial charge in [-0.15, -0.1) is 0 Å². The summed E-state index contributed by atoms with van der Waals surface area (Å²) in [5.74, 6) is 0.857. The molecule has 2 heterocycles. The monoisotopic (exact) mass is 258 g/mol. The van der Waals surface area contributed by atoms with E-state index in [1.165, 1.54) is 12.8 Å². The summed E-state index contributed by atoms with van der Waals surface area (Å²) in [7, 11) is 0. The normalized spacial score (nSPS) is 18.9. The van der Waals surface area contributed by atoms with E-state index in [0.717, 1.165) is 31.1 Å². The summed E-state index contributed by atoms with van der Waals surface area (Å²) in [5.41, 5.74) is 1.07. The Morgan fingerprint density at radius 3 is 2.62 bits per heavy atom. The molecule has 1 aliphatic rings. The second kappa shape index (κ2) is 5.35.